The summed E-state index contributed by atoms with van der Waals surface area (Å²) in [5.74, 6) is 0.688. The summed E-state index contributed by atoms with van der Waals surface area (Å²) in [4.78, 5) is 11.8. The number of rotatable bonds is 5. The molecule has 0 heterocycles. The van der Waals surface area contributed by atoms with Gasteiger partial charge in [0.2, 0.25) is 0 Å². The minimum atomic E-state index is -0.331. The molecule has 1 atom stereocenters. The first-order valence-electron chi connectivity index (χ1n) is 6.23. The molecule has 0 saturated carbocycles. The maximum atomic E-state index is 11.8. The molecule has 0 aliphatic heterocycles. The monoisotopic (exact) mass is 266 g/mol. The van der Waals surface area contributed by atoms with Crippen molar-refractivity contribution >= 4 is 5.97 Å². The van der Waals surface area contributed by atoms with E-state index in [1.807, 2.05) is 45.0 Å². The Morgan fingerprint density at radius 1 is 1.16 bits per heavy atom. The van der Waals surface area contributed by atoms with E-state index in [4.69, 9.17) is 14.2 Å². The predicted octanol–water partition coefficient (Wildman–Crippen LogP) is 2.91. The van der Waals surface area contributed by atoms with Gasteiger partial charge in [0.15, 0.2) is 11.5 Å². The SMILES string of the molecule is COC(=O)C(COc1ccccc1OC)C(C)(C)C. The summed E-state index contributed by atoms with van der Waals surface area (Å²) in [6, 6.07) is 7.37. The second-order valence-electron chi connectivity index (χ2n) is 5.40. The third-order valence-corrected chi connectivity index (χ3v) is 3.01. The van der Waals surface area contributed by atoms with Crippen LogP contribution in [0.4, 0.5) is 0 Å². The molecule has 1 unspecified atom stereocenters. The summed E-state index contributed by atoms with van der Waals surface area (Å²) < 4.78 is 15.8. The van der Waals surface area contributed by atoms with Gasteiger partial charge in [-0.25, -0.2) is 0 Å². The molecule has 106 valence electrons. The second kappa shape index (κ2) is 6.45. The average molecular weight is 266 g/mol. The lowest BCUT2D eigenvalue weighted by Gasteiger charge is -2.28. The van der Waals surface area contributed by atoms with Crippen LogP contribution in [0, 0.1) is 11.3 Å². The smallest absolute Gasteiger partial charge is 0.312 e. The Kier molecular flexibility index (Phi) is 5.21. The number of benzene rings is 1. The maximum absolute atomic E-state index is 11.8. The van der Waals surface area contributed by atoms with Crippen molar-refractivity contribution in [3.63, 3.8) is 0 Å². The Labute approximate surface area is 114 Å². The Bertz CT molecular complexity index is 420. The summed E-state index contributed by atoms with van der Waals surface area (Å²) in [7, 11) is 2.98. The van der Waals surface area contributed by atoms with E-state index in [0.717, 1.165) is 0 Å². The van der Waals surface area contributed by atoms with E-state index in [2.05, 4.69) is 0 Å². The molecule has 1 aromatic rings. The van der Waals surface area contributed by atoms with E-state index in [0.29, 0.717) is 11.5 Å². The summed E-state index contributed by atoms with van der Waals surface area (Å²) >= 11 is 0. The maximum Gasteiger partial charge on any atom is 0.312 e. The largest absolute Gasteiger partial charge is 0.493 e. The molecule has 4 nitrogen and oxygen atoms in total. The number of esters is 1. The molecule has 0 bridgehead atoms. The molecular weight excluding hydrogens is 244 g/mol. The van der Waals surface area contributed by atoms with Gasteiger partial charge in [-0.1, -0.05) is 32.9 Å². The van der Waals surface area contributed by atoms with Gasteiger partial charge in [0.05, 0.1) is 20.1 Å². The van der Waals surface area contributed by atoms with Crippen LogP contribution >= 0.6 is 0 Å². The Hall–Kier alpha value is -1.71. The summed E-state index contributed by atoms with van der Waals surface area (Å²) in [6.07, 6.45) is 0. The van der Waals surface area contributed by atoms with Crippen LogP contribution in [0.3, 0.4) is 0 Å². The summed E-state index contributed by atoms with van der Waals surface area (Å²) in [5.41, 5.74) is -0.227. The lowest BCUT2D eigenvalue weighted by atomic mass is 9.81. The molecule has 4 heteroatoms. The van der Waals surface area contributed by atoms with Crippen molar-refractivity contribution in [3.05, 3.63) is 24.3 Å². The quantitative estimate of drug-likeness (QED) is 0.769. The third-order valence-electron chi connectivity index (χ3n) is 3.01. The number of ether oxygens (including phenoxy) is 3. The van der Waals surface area contributed by atoms with Crippen LogP contribution in [0.2, 0.25) is 0 Å². The van der Waals surface area contributed by atoms with Gasteiger partial charge in [0.25, 0.3) is 0 Å². The van der Waals surface area contributed by atoms with Crippen molar-refractivity contribution in [1.29, 1.82) is 0 Å². The number of hydrogen-bond acceptors (Lipinski definition) is 4. The fourth-order valence-electron chi connectivity index (χ4n) is 1.73. The standard InChI is InChI=1S/C15H22O4/c1-15(2,3)11(14(16)18-5)10-19-13-9-7-6-8-12(13)17-4/h6-9,11H,10H2,1-5H3. The fourth-order valence-corrected chi connectivity index (χ4v) is 1.73. The van der Waals surface area contributed by atoms with E-state index < -0.39 is 0 Å². The van der Waals surface area contributed by atoms with Crippen LogP contribution in [-0.4, -0.2) is 26.8 Å². The molecule has 0 radical (unpaired) electrons. The topological polar surface area (TPSA) is 44.8 Å². The van der Waals surface area contributed by atoms with Crippen LogP contribution < -0.4 is 9.47 Å². The van der Waals surface area contributed by atoms with E-state index in [1.54, 1.807) is 7.11 Å². The second-order valence-corrected chi connectivity index (χ2v) is 5.40. The number of hydrogen-bond donors (Lipinski definition) is 0. The fraction of sp³-hybridized carbons (Fsp3) is 0.533. The minimum absolute atomic E-state index is 0.227. The third kappa shape index (κ3) is 4.16. The Morgan fingerprint density at radius 3 is 2.21 bits per heavy atom. The van der Waals surface area contributed by atoms with Gasteiger partial charge in [-0.3, -0.25) is 4.79 Å². The normalized spacial score (nSPS) is 12.7. The molecular formula is C15H22O4. The molecule has 0 amide bonds. The van der Waals surface area contributed by atoms with Gasteiger partial charge in [-0.2, -0.15) is 0 Å². The van der Waals surface area contributed by atoms with E-state index in [9.17, 15) is 4.79 Å². The van der Waals surface area contributed by atoms with Crippen LogP contribution in [0.1, 0.15) is 20.8 Å². The Balaban J connectivity index is 2.79. The van der Waals surface area contributed by atoms with Gasteiger partial charge in [0, 0.05) is 0 Å². The minimum Gasteiger partial charge on any atom is -0.493 e. The molecule has 0 aliphatic rings. The van der Waals surface area contributed by atoms with E-state index in [-0.39, 0.29) is 23.9 Å². The average Bonchev–Trinajstić information content (AvgIpc) is 2.37. The number of carbonyl (C=O) groups is 1. The highest BCUT2D eigenvalue weighted by Crippen LogP contribution is 2.30. The van der Waals surface area contributed by atoms with Gasteiger partial charge in [0.1, 0.15) is 6.61 Å². The zero-order valence-corrected chi connectivity index (χ0v) is 12.2. The van der Waals surface area contributed by atoms with Gasteiger partial charge >= 0.3 is 5.97 Å². The van der Waals surface area contributed by atoms with Crippen LogP contribution in [0.15, 0.2) is 24.3 Å². The van der Waals surface area contributed by atoms with Crippen molar-refractivity contribution in [2.45, 2.75) is 20.8 Å². The lowest BCUT2D eigenvalue weighted by molar-refractivity contribution is -0.150. The van der Waals surface area contributed by atoms with Crippen molar-refractivity contribution in [2.75, 3.05) is 20.8 Å². The van der Waals surface area contributed by atoms with Gasteiger partial charge in [-0.05, 0) is 17.5 Å². The zero-order chi connectivity index (χ0) is 14.5. The summed E-state index contributed by atoms with van der Waals surface area (Å²) in [5, 5.41) is 0. The highest BCUT2D eigenvalue weighted by Gasteiger charge is 2.33. The zero-order valence-electron chi connectivity index (χ0n) is 12.2. The molecule has 0 fully saturated rings. The molecule has 0 aromatic heterocycles. The molecule has 0 spiro atoms. The molecule has 0 saturated heterocycles. The first kappa shape index (κ1) is 15.3. The van der Waals surface area contributed by atoms with Gasteiger partial charge in [-0.15, -0.1) is 0 Å². The molecule has 1 rings (SSSR count). The first-order valence-corrected chi connectivity index (χ1v) is 6.23. The van der Waals surface area contributed by atoms with E-state index in [1.165, 1.54) is 7.11 Å². The van der Waals surface area contributed by atoms with Crippen LogP contribution in [0.5, 0.6) is 11.5 Å². The predicted molar refractivity (Wildman–Crippen MR) is 73.5 cm³/mol. The van der Waals surface area contributed by atoms with Crippen molar-refractivity contribution in [1.82, 2.24) is 0 Å². The van der Waals surface area contributed by atoms with Crippen molar-refractivity contribution in [2.24, 2.45) is 11.3 Å². The first-order chi connectivity index (χ1) is 8.90. The van der Waals surface area contributed by atoms with E-state index >= 15 is 0 Å². The number of carbonyl (C=O) groups excluding carboxylic acids is 1. The number of para-hydroxylation sites is 2. The van der Waals surface area contributed by atoms with Crippen LogP contribution in [-0.2, 0) is 9.53 Å². The summed E-state index contributed by atoms with van der Waals surface area (Å²) in [6.45, 7) is 6.22. The molecule has 19 heavy (non-hydrogen) atoms. The Morgan fingerprint density at radius 2 is 1.74 bits per heavy atom. The van der Waals surface area contributed by atoms with Crippen molar-refractivity contribution in [3.8, 4) is 11.5 Å². The van der Waals surface area contributed by atoms with Crippen LogP contribution in [0.25, 0.3) is 0 Å². The number of methoxy groups -OCH3 is 2. The van der Waals surface area contributed by atoms with Crippen molar-refractivity contribution < 1.29 is 19.0 Å². The highest BCUT2D eigenvalue weighted by atomic mass is 16.5. The molecule has 0 aliphatic carbocycles. The van der Waals surface area contributed by atoms with Gasteiger partial charge < -0.3 is 14.2 Å². The molecule has 0 N–H and O–H groups in total. The lowest BCUT2D eigenvalue weighted by Crippen LogP contribution is -2.34. The molecule has 1 aromatic carbocycles. The highest BCUT2D eigenvalue weighted by molar-refractivity contribution is 5.73.